The Morgan fingerprint density at radius 1 is 1.24 bits per heavy atom. The Balaban J connectivity index is 1.87. The Hall–Kier alpha value is -2.94. The van der Waals surface area contributed by atoms with E-state index >= 15 is 0 Å². The van der Waals surface area contributed by atoms with Gasteiger partial charge in [0, 0.05) is 28.5 Å². The Morgan fingerprint density at radius 2 is 2.00 bits per heavy atom. The van der Waals surface area contributed by atoms with Gasteiger partial charge in [0.2, 0.25) is 0 Å². The number of aromatic nitrogens is 2. The van der Waals surface area contributed by atoms with Crippen LogP contribution in [0, 0.1) is 12.7 Å². The third kappa shape index (κ3) is 3.69. The maximum atomic E-state index is 13.3. The fourth-order valence-electron chi connectivity index (χ4n) is 3.57. The Morgan fingerprint density at radius 3 is 2.69 bits per heavy atom. The number of fused-ring (bicyclic) bond motifs is 1. The molecule has 2 heterocycles. The van der Waals surface area contributed by atoms with Gasteiger partial charge < -0.3 is 15.2 Å². The molecule has 1 aliphatic heterocycles. The van der Waals surface area contributed by atoms with Crippen LogP contribution in [0.15, 0.2) is 35.0 Å². The molecule has 7 nitrogen and oxygen atoms in total. The number of hydrogen-bond acceptors (Lipinski definition) is 7. The van der Waals surface area contributed by atoms with E-state index < -0.39 is 15.5 Å². The second kappa shape index (κ2) is 7.47. The smallest absolute Gasteiger partial charge is 0.149 e. The number of phenols is 1. The highest BCUT2D eigenvalue weighted by Crippen LogP contribution is 2.41. The van der Waals surface area contributed by atoms with Crippen molar-refractivity contribution < 1.29 is 18.4 Å². The third-order valence-electron chi connectivity index (χ3n) is 4.96. The number of nitrogens with one attached hydrogen (secondary N) is 1. The van der Waals surface area contributed by atoms with Crippen molar-refractivity contribution in [1.29, 1.82) is 0 Å². The van der Waals surface area contributed by atoms with Gasteiger partial charge in [0.05, 0.1) is 28.0 Å². The highest BCUT2D eigenvalue weighted by atomic mass is 32.2. The standard InChI is InChI=1S/C20H21FN4O3S/c1-12-18-15(10-16(19(12)28-2)25-29(27)7-3-4-8-29)22-11-23-20(18)24-14-6-5-13(21)9-17(14)26/h5-6,9-11,26H,3-4,7-8H2,1-2H3,(H,22,23,24). The summed E-state index contributed by atoms with van der Waals surface area (Å²) in [5.74, 6) is 1.36. The lowest BCUT2D eigenvalue weighted by molar-refractivity contribution is 0.414. The number of benzene rings is 2. The predicted molar refractivity (Wildman–Crippen MR) is 111 cm³/mol. The number of hydrogen-bond donors (Lipinski definition) is 2. The predicted octanol–water partition coefficient (Wildman–Crippen LogP) is 4.43. The monoisotopic (exact) mass is 416 g/mol. The summed E-state index contributed by atoms with van der Waals surface area (Å²) in [6.07, 6.45) is 3.21. The van der Waals surface area contributed by atoms with Crippen molar-refractivity contribution in [2.75, 3.05) is 23.9 Å². The molecule has 0 radical (unpaired) electrons. The van der Waals surface area contributed by atoms with E-state index in [4.69, 9.17) is 4.74 Å². The molecule has 152 valence electrons. The molecule has 3 aromatic rings. The molecule has 0 spiro atoms. The molecular weight excluding hydrogens is 395 g/mol. The zero-order chi connectivity index (χ0) is 20.6. The summed E-state index contributed by atoms with van der Waals surface area (Å²) in [4.78, 5) is 8.61. The number of halogens is 1. The lowest BCUT2D eigenvalue weighted by atomic mass is 10.1. The van der Waals surface area contributed by atoms with Crippen molar-refractivity contribution in [3.8, 4) is 11.5 Å². The molecule has 29 heavy (non-hydrogen) atoms. The Kier molecular flexibility index (Phi) is 4.99. The number of phenolic OH excluding ortho intramolecular Hbond substituents is 1. The van der Waals surface area contributed by atoms with Crippen LogP contribution >= 0.6 is 0 Å². The first-order valence-electron chi connectivity index (χ1n) is 9.20. The molecule has 0 bridgehead atoms. The number of ether oxygens (including phenoxy) is 1. The van der Waals surface area contributed by atoms with Crippen molar-refractivity contribution in [3.63, 3.8) is 0 Å². The molecular formula is C20H21FN4O3S. The van der Waals surface area contributed by atoms with E-state index in [-0.39, 0.29) is 5.75 Å². The van der Waals surface area contributed by atoms with E-state index in [1.165, 1.54) is 25.6 Å². The molecule has 0 unspecified atom stereocenters. The maximum Gasteiger partial charge on any atom is 0.149 e. The largest absolute Gasteiger partial charge is 0.506 e. The number of nitrogens with zero attached hydrogens (tertiary/aromatic N) is 3. The van der Waals surface area contributed by atoms with Gasteiger partial charge in [0.1, 0.15) is 35.1 Å². The summed E-state index contributed by atoms with van der Waals surface area (Å²) in [5.41, 5.74) is 2.16. The van der Waals surface area contributed by atoms with Crippen molar-refractivity contribution in [3.05, 3.63) is 42.0 Å². The molecule has 2 aromatic carbocycles. The fourth-order valence-corrected chi connectivity index (χ4v) is 5.76. The van der Waals surface area contributed by atoms with Gasteiger partial charge in [-0.15, -0.1) is 0 Å². The highest BCUT2D eigenvalue weighted by Gasteiger charge is 2.21. The lowest BCUT2D eigenvalue weighted by Crippen LogP contribution is -2.02. The first kappa shape index (κ1) is 19.4. The summed E-state index contributed by atoms with van der Waals surface area (Å²) in [6.45, 7) is 1.85. The van der Waals surface area contributed by atoms with Crippen LogP contribution < -0.4 is 10.1 Å². The zero-order valence-electron chi connectivity index (χ0n) is 16.1. The average molecular weight is 416 g/mol. The molecule has 1 aliphatic rings. The van der Waals surface area contributed by atoms with Crippen LogP contribution in [-0.2, 0) is 9.73 Å². The number of anilines is 2. The quantitative estimate of drug-likeness (QED) is 0.611. The number of methoxy groups -OCH3 is 1. The van der Waals surface area contributed by atoms with Crippen LogP contribution in [0.4, 0.5) is 21.6 Å². The van der Waals surface area contributed by atoms with Crippen LogP contribution in [0.1, 0.15) is 18.4 Å². The molecule has 0 saturated carbocycles. The van der Waals surface area contributed by atoms with E-state index in [1.807, 2.05) is 6.92 Å². The van der Waals surface area contributed by atoms with Crippen LogP contribution in [0.5, 0.6) is 11.5 Å². The molecule has 2 N–H and O–H groups in total. The van der Waals surface area contributed by atoms with Crippen LogP contribution in [0.25, 0.3) is 10.9 Å². The lowest BCUT2D eigenvalue weighted by Gasteiger charge is -2.15. The maximum absolute atomic E-state index is 13.3. The molecule has 0 amide bonds. The number of aryl methyl sites for hydroxylation is 1. The summed E-state index contributed by atoms with van der Waals surface area (Å²) in [7, 11) is -0.737. The first-order valence-corrected chi connectivity index (χ1v) is 11.1. The summed E-state index contributed by atoms with van der Waals surface area (Å²) in [5, 5.41) is 13.7. The minimum absolute atomic E-state index is 0.230. The van der Waals surface area contributed by atoms with Crippen molar-refractivity contribution >= 4 is 37.8 Å². The zero-order valence-corrected chi connectivity index (χ0v) is 16.9. The van der Waals surface area contributed by atoms with Gasteiger partial charge in [-0.3, -0.25) is 0 Å². The molecule has 1 fully saturated rings. The van der Waals surface area contributed by atoms with E-state index in [9.17, 15) is 13.7 Å². The third-order valence-corrected chi connectivity index (χ3v) is 7.34. The Bertz CT molecular complexity index is 1210. The first-order chi connectivity index (χ1) is 13.9. The van der Waals surface area contributed by atoms with Gasteiger partial charge in [-0.2, -0.15) is 4.36 Å². The molecule has 4 rings (SSSR count). The molecule has 0 atom stereocenters. The van der Waals surface area contributed by atoms with E-state index in [1.54, 1.807) is 6.07 Å². The van der Waals surface area contributed by atoms with Crippen molar-refractivity contribution in [2.45, 2.75) is 19.8 Å². The van der Waals surface area contributed by atoms with Gasteiger partial charge in [0.25, 0.3) is 0 Å². The second-order valence-electron chi connectivity index (χ2n) is 6.94. The number of aromatic hydroxyl groups is 1. The summed E-state index contributed by atoms with van der Waals surface area (Å²) >= 11 is 0. The Labute approximate surface area is 168 Å². The van der Waals surface area contributed by atoms with Crippen LogP contribution in [0.2, 0.25) is 0 Å². The van der Waals surface area contributed by atoms with E-state index in [2.05, 4.69) is 19.6 Å². The second-order valence-corrected chi connectivity index (χ2v) is 9.48. The van der Waals surface area contributed by atoms with Gasteiger partial charge in [-0.25, -0.2) is 18.6 Å². The minimum atomic E-state index is -2.28. The number of rotatable bonds is 4. The minimum Gasteiger partial charge on any atom is -0.506 e. The molecule has 1 saturated heterocycles. The van der Waals surface area contributed by atoms with E-state index in [0.717, 1.165) is 24.5 Å². The topological polar surface area (TPSA) is 96.7 Å². The molecule has 9 heteroatoms. The van der Waals surface area contributed by atoms with Crippen molar-refractivity contribution in [1.82, 2.24) is 9.97 Å². The highest BCUT2D eigenvalue weighted by molar-refractivity contribution is 7.93. The molecule has 1 aromatic heterocycles. The van der Waals surface area contributed by atoms with Crippen LogP contribution in [0.3, 0.4) is 0 Å². The fraction of sp³-hybridized carbons (Fsp3) is 0.300. The summed E-state index contributed by atoms with van der Waals surface area (Å²) in [6, 6.07) is 5.44. The van der Waals surface area contributed by atoms with Gasteiger partial charge in [0.15, 0.2) is 0 Å². The molecule has 0 aliphatic carbocycles. The van der Waals surface area contributed by atoms with Crippen molar-refractivity contribution in [2.24, 2.45) is 4.36 Å². The van der Waals surface area contributed by atoms with Crippen LogP contribution in [-0.4, -0.2) is 37.9 Å². The van der Waals surface area contributed by atoms with Gasteiger partial charge >= 0.3 is 0 Å². The van der Waals surface area contributed by atoms with E-state index in [0.29, 0.717) is 45.4 Å². The van der Waals surface area contributed by atoms with Gasteiger partial charge in [-0.1, -0.05) is 0 Å². The normalized spacial score (nSPS) is 15.4. The SMILES string of the molecule is COc1c(N=S2(=O)CCCC2)cc2ncnc(Nc3ccc(F)cc3O)c2c1C. The summed E-state index contributed by atoms with van der Waals surface area (Å²) < 4.78 is 36.3. The average Bonchev–Trinajstić information content (AvgIpc) is 3.10. The van der Waals surface area contributed by atoms with Gasteiger partial charge in [-0.05, 0) is 38.0 Å².